The van der Waals surface area contributed by atoms with E-state index in [1.807, 2.05) is 13.8 Å². The molecule has 0 spiro atoms. The molecule has 0 saturated carbocycles. The van der Waals surface area contributed by atoms with Crippen LogP contribution in [0.2, 0.25) is 5.02 Å². The van der Waals surface area contributed by atoms with Crippen LogP contribution < -0.4 is 9.47 Å². The van der Waals surface area contributed by atoms with Gasteiger partial charge < -0.3 is 18.9 Å². The molecule has 1 fully saturated rings. The minimum absolute atomic E-state index is 0.00989. The molecule has 2 aromatic carbocycles. The van der Waals surface area contributed by atoms with Crippen LogP contribution in [-0.4, -0.2) is 68.6 Å². The second kappa shape index (κ2) is 13.5. The molecule has 1 aliphatic heterocycles. The Balaban J connectivity index is 1.50. The van der Waals surface area contributed by atoms with Crippen molar-refractivity contribution in [3.8, 4) is 21.9 Å². The Kier molecular flexibility index (Phi) is 10.2. The second-order valence-corrected chi connectivity index (χ2v) is 13.9. The lowest BCUT2D eigenvalue weighted by Crippen LogP contribution is -2.55. The number of hydrogen-bond acceptors (Lipinski definition) is 11. The van der Waals surface area contributed by atoms with Crippen LogP contribution >= 0.6 is 22.9 Å². The largest absolute Gasteiger partial charge is 0.490 e. The predicted molar refractivity (Wildman–Crippen MR) is 164 cm³/mol. The zero-order chi connectivity index (χ0) is 32.2. The highest BCUT2D eigenvalue weighted by atomic mass is 35.5. The maximum atomic E-state index is 13.4. The van der Waals surface area contributed by atoms with Crippen LogP contribution in [0.1, 0.15) is 41.9 Å². The molecular formula is C29H31ClN2O10S2. The molecule has 2 heterocycles. The normalized spacial score (nSPS) is 16.6. The van der Waals surface area contributed by atoms with Crippen LogP contribution in [0.3, 0.4) is 0 Å². The molecule has 15 heteroatoms. The van der Waals surface area contributed by atoms with Gasteiger partial charge in [-0.05, 0) is 43.5 Å². The standard InChI is InChI=1S/C29H31ClN2O10S2/c1-29(2)15-22(11-12-31(29)44(37,38)17-18-7-5-9-20(13-18)32(35)36)42-21-10-6-8-19(14-21)26-24(30)25(41-16-23(33)39-3)27(43-26)28(34)40-4/h5-10,13-14,22H,11-12,15-17H2,1-4H3. The number of carbonyl (C=O) groups is 2. The van der Waals surface area contributed by atoms with Gasteiger partial charge in [-0.15, -0.1) is 11.3 Å². The Morgan fingerprint density at radius 1 is 1.14 bits per heavy atom. The van der Waals surface area contributed by atoms with Gasteiger partial charge in [0.15, 0.2) is 17.2 Å². The molecule has 1 saturated heterocycles. The number of nitrogens with zero attached hydrogens (tertiary/aromatic N) is 2. The molecule has 1 unspecified atom stereocenters. The van der Waals surface area contributed by atoms with Crippen molar-refractivity contribution < 1.29 is 41.9 Å². The Morgan fingerprint density at radius 2 is 1.86 bits per heavy atom. The number of thiophene rings is 1. The summed E-state index contributed by atoms with van der Waals surface area (Å²) in [6.07, 6.45) is 0.496. The molecule has 3 aromatic rings. The van der Waals surface area contributed by atoms with Gasteiger partial charge in [0.25, 0.3) is 5.69 Å². The van der Waals surface area contributed by atoms with Crippen LogP contribution in [0.25, 0.3) is 10.4 Å². The van der Waals surface area contributed by atoms with E-state index in [0.717, 1.165) is 11.3 Å². The van der Waals surface area contributed by atoms with E-state index in [1.165, 1.54) is 36.7 Å². The summed E-state index contributed by atoms with van der Waals surface area (Å²) in [5.74, 6) is -1.16. The molecular weight excluding hydrogens is 636 g/mol. The van der Waals surface area contributed by atoms with Crippen LogP contribution in [0.5, 0.6) is 11.5 Å². The van der Waals surface area contributed by atoms with Crippen molar-refractivity contribution in [1.29, 1.82) is 0 Å². The number of sulfonamides is 1. The highest BCUT2D eigenvalue weighted by Gasteiger charge is 2.42. The first kappa shape index (κ1) is 33.2. The molecule has 1 aliphatic rings. The highest BCUT2D eigenvalue weighted by Crippen LogP contribution is 2.46. The minimum atomic E-state index is -3.79. The average molecular weight is 667 g/mol. The molecule has 0 aliphatic carbocycles. The van der Waals surface area contributed by atoms with Gasteiger partial charge in [-0.25, -0.2) is 18.0 Å². The van der Waals surface area contributed by atoms with E-state index >= 15 is 0 Å². The molecule has 0 bridgehead atoms. The Morgan fingerprint density at radius 3 is 2.52 bits per heavy atom. The van der Waals surface area contributed by atoms with Crippen LogP contribution in [-0.2, 0) is 30.0 Å². The van der Waals surface area contributed by atoms with Gasteiger partial charge in [0, 0.05) is 30.6 Å². The number of ether oxygens (including phenoxy) is 4. The number of piperidine rings is 1. The molecule has 236 valence electrons. The number of rotatable bonds is 11. The maximum Gasteiger partial charge on any atom is 0.351 e. The van der Waals surface area contributed by atoms with Gasteiger partial charge >= 0.3 is 11.9 Å². The molecule has 0 N–H and O–H groups in total. The first-order chi connectivity index (χ1) is 20.8. The van der Waals surface area contributed by atoms with Crippen LogP contribution in [0.4, 0.5) is 5.69 Å². The topological polar surface area (TPSA) is 152 Å². The van der Waals surface area contributed by atoms with E-state index in [4.69, 9.17) is 25.8 Å². The number of methoxy groups -OCH3 is 2. The number of non-ortho nitro benzene ring substituents is 1. The Bertz CT molecular complexity index is 1670. The van der Waals surface area contributed by atoms with Crippen molar-refractivity contribution in [1.82, 2.24) is 4.31 Å². The third kappa shape index (κ3) is 7.49. The summed E-state index contributed by atoms with van der Waals surface area (Å²) in [6, 6.07) is 12.7. The molecule has 44 heavy (non-hydrogen) atoms. The number of carbonyl (C=O) groups excluding carboxylic acids is 2. The Labute approximate surface area is 263 Å². The average Bonchev–Trinajstić information content (AvgIpc) is 3.30. The lowest BCUT2D eigenvalue weighted by atomic mass is 9.91. The fourth-order valence-electron chi connectivity index (χ4n) is 5.02. The summed E-state index contributed by atoms with van der Waals surface area (Å²) in [5.41, 5.74) is 0.0124. The van der Waals surface area contributed by atoms with Crippen LogP contribution in [0.15, 0.2) is 48.5 Å². The van der Waals surface area contributed by atoms with Gasteiger partial charge in [0.05, 0.1) is 29.8 Å². The third-order valence-electron chi connectivity index (χ3n) is 7.00. The summed E-state index contributed by atoms with van der Waals surface area (Å²) in [7, 11) is -1.36. The molecule has 12 nitrogen and oxygen atoms in total. The van der Waals surface area contributed by atoms with Crippen molar-refractivity contribution in [3.63, 3.8) is 0 Å². The predicted octanol–water partition coefficient (Wildman–Crippen LogP) is 5.47. The molecule has 4 rings (SSSR count). The summed E-state index contributed by atoms with van der Waals surface area (Å²) >= 11 is 7.65. The summed E-state index contributed by atoms with van der Waals surface area (Å²) in [4.78, 5) is 35.2. The molecule has 1 atom stereocenters. The first-order valence-corrected chi connectivity index (χ1v) is 16.2. The fraction of sp³-hybridized carbons (Fsp3) is 0.379. The number of esters is 2. The molecule has 0 radical (unpaired) electrons. The van der Waals surface area contributed by atoms with Gasteiger partial charge in [-0.3, -0.25) is 10.1 Å². The zero-order valence-corrected chi connectivity index (χ0v) is 26.8. The van der Waals surface area contributed by atoms with E-state index in [-0.39, 0.29) is 39.7 Å². The third-order valence-corrected chi connectivity index (χ3v) is 10.7. The summed E-state index contributed by atoms with van der Waals surface area (Å²) < 4.78 is 49.5. The van der Waals surface area contributed by atoms with Crippen LogP contribution in [0, 0.1) is 10.1 Å². The van der Waals surface area contributed by atoms with Crippen molar-refractivity contribution in [2.75, 3.05) is 27.4 Å². The highest BCUT2D eigenvalue weighted by molar-refractivity contribution is 7.88. The second-order valence-electron chi connectivity index (χ2n) is 10.6. The lowest BCUT2D eigenvalue weighted by Gasteiger charge is -2.44. The van der Waals surface area contributed by atoms with Gasteiger partial charge in [-0.1, -0.05) is 35.9 Å². The summed E-state index contributed by atoms with van der Waals surface area (Å²) in [5, 5.41) is 11.3. The van der Waals surface area contributed by atoms with E-state index in [1.54, 1.807) is 30.3 Å². The van der Waals surface area contributed by atoms with Gasteiger partial charge in [0.1, 0.15) is 16.9 Å². The van der Waals surface area contributed by atoms with Gasteiger partial charge in [-0.2, -0.15) is 4.31 Å². The van der Waals surface area contributed by atoms with E-state index in [9.17, 15) is 28.1 Å². The fourth-order valence-corrected chi connectivity index (χ4v) is 8.47. The van der Waals surface area contributed by atoms with Crippen molar-refractivity contribution in [3.05, 3.63) is 74.1 Å². The number of nitro groups is 1. The minimum Gasteiger partial charge on any atom is -0.490 e. The maximum absolute atomic E-state index is 13.4. The first-order valence-electron chi connectivity index (χ1n) is 13.4. The number of benzene rings is 2. The monoisotopic (exact) mass is 666 g/mol. The zero-order valence-electron chi connectivity index (χ0n) is 24.4. The number of halogens is 1. The lowest BCUT2D eigenvalue weighted by molar-refractivity contribution is -0.384. The number of hydrogen-bond donors (Lipinski definition) is 0. The van der Waals surface area contributed by atoms with E-state index < -0.39 is 39.0 Å². The van der Waals surface area contributed by atoms with Crippen molar-refractivity contribution in [2.24, 2.45) is 0 Å². The van der Waals surface area contributed by atoms with Crippen molar-refractivity contribution >= 4 is 50.6 Å². The van der Waals surface area contributed by atoms with E-state index in [0.29, 0.717) is 34.6 Å². The number of nitro benzene ring substituents is 1. The smallest absolute Gasteiger partial charge is 0.351 e. The SMILES string of the molecule is COC(=O)COc1c(C(=O)OC)sc(-c2cccc(OC3CCN(S(=O)(=O)Cc4cccc([N+](=O)[O-])c4)C(C)(C)C3)c2)c1Cl. The summed E-state index contributed by atoms with van der Waals surface area (Å²) in [6.45, 7) is 3.39. The van der Waals surface area contributed by atoms with E-state index in [2.05, 4.69) is 4.74 Å². The quantitative estimate of drug-likeness (QED) is 0.146. The van der Waals surface area contributed by atoms with Crippen molar-refractivity contribution in [2.45, 2.75) is 44.1 Å². The van der Waals surface area contributed by atoms with Gasteiger partial charge in [0.2, 0.25) is 10.0 Å². The molecule has 0 amide bonds. The Hall–Kier alpha value is -3.72. The molecule has 1 aromatic heterocycles.